The van der Waals surface area contributed by atoms with E-state index in [1.807, 2.05) is 12.2 Å². The molecule has 2 aromatic rings. The Morgan fingerprint density at radius 1 is 1.38 bits per heavy atom. The summed E-state index contributed by atoms with van der Waals surface area (Å²) in [5.74, 6) is -0.605. The fourth-order valence-electron chi connectivity index (χ4n) is 4.44. The van der Waals surface area contributed by atoms with E-state index in [1.54, 1.807) is 31.2 Å². The molecule has 0 unspecified atom stereocenters. The van der Waals surface area contributed by atoms with Crippen LogP contribution in [0, 0.1) is 18.8 Å². The average molecular weight is 434 g/mol. The van der Waals surface area contributed by atoms with Gasteiger partial charge >= 0.3 is 0 Å². The normalized spacial score (nSPS) is 29.6. The third-order valence-electron chi connectivity index (χ3n) is 5.76. The van der Waals surface area contributed by atoms with Crippen LogP contribution in [0.2, 0.25) is 10.0 Å². The maximum Gasteiger partial charge on any atom is 0.235 e. The van der Waals surface area contributed by atoms with Crippen LogP contribution in [0.5, 0.6) is 0 Å². The number of aromatic nitrogens is 1. The summed E-state index contributed by atoms with van der Waals surface area (Å²) >= 11 is 12.1. The molecule has 0 radical (unpaired) electrons. The molecule has 0 aliphatic carbocycles. The highest BCUT2D eigenvalue weighted by molar-refractivity contribution is 6.35. The molecule has 4 heterocycles. The van der Waals surface area contributed by atoms with Crippen LogP contribution in [0.4, 0.5) is 5.82 Å². The number of fused-ring (bicyclic) bond motifs is 1. The molecule has 1 aromatic heterocycles. The number of carbonyl (C=O) groups excluding carboxylic acids is 2. The Kier molecular flexibility index (Phi) is 4.24. The van der Waals surface area contributed by atoms with E-state index in [2.05, 4.69) is 10.5 Å². The molecule has 3 aliphatic rings. The fourth-order valence-corrected chi connectivity index (χ4v) is 4.91. The summed E-state index contributed by atoms with van der Waals surface area (Å²) in [6.07, 6.45) is 3.33. The van der Waals surface area contributed by atoms with Gasteiger partial charge < -0.3 is 14.6 Å². The Morgan fingerprint density at radius 3 is 2.93 bits per heavy atom. The van der Waals surface area contributed by atoms with Crippen LogP contribution < -0.4 is 10.2 Å². The van der Waals surface area contributed by atoms with Crippen LogP contribution in [-0.4, -0.2) is 35.2 Å². The summed E-state index contributed by atoms with van der Waals surface area (Å²) in [5, 5.41) is 7.83. The molecule has 5 rings (SSSR count). The van der Waals surface area contributed by atoms with Crippen LogP contribution in [-0.2, 0) is 20.9 Å². The summed E-state index contributed by atoms with van der Waals surface area (Å²) < 4.78 is 11.2. The van der Waals surface area contributed by atoms with Crippen molar-refractivity contribution in [2.75, 3.05) is 11.4 Å². The van der Waals surface area contributed by atoms with E-state index < -0.39 is 23.5 Å². The molecule has 4 atom stereocenters. The molecular formula is C20H17Cl2N3O4. The van der Waals surface area contributed by atoms with Gasteiger partial charge in [-0.15, -0.1) is 0 Å². The quantitative estimate of drug-likeness (QED) is 0.749. The minimum atomic E-state index is -0.811. The standard InChI is InChI=1S/C20H17Cl2N3O4/c1-10-6-15(24-29-10)25-9-20-5-4-14(28-20)16(17(20)19(25)27)18(26)23-8-11-2-3-12(21)7-13(11)22/h2-7,14,16-17H,8-9H2,1H3,(H,23,26)/t14-,16+,17-,20+/m1/s1. The first-order valence-corrected chi connectivity index (χ1v) is 9.97. The lowest BCUT2D eigenvalue weighted by Gasteiger charge is -2.23. The second kappa shape index (κ2) is 6.58. The first-order chi connectivity index (χ1) is 13.9. The van der Waals surface area contributed by atoms with Crippen molar-refractivity contribution in [3.05, 3.63) is 57.8 Å². The first-order valence-electron chi connectivity index (χ1n) is 9.21. The van der Waals surface area contributed by atoms with Crippen LogP contribution in [0.3, 0.4) is 0 Å². The van der Waals surface area contributed by atoms with Crippen molar-refractivity contribution in [3.63, 3.8) is 0 Å². The van der Waals surface area contributed by atoms with Gasteiger partial charge in [0.25, 0.3) is 0 Å². The highest BCUT2D eigenvalue weighted by Gasteiger charge is 2.67. The highest BCUT2D eigenvalue weighted by Crippen LogP contribution is 2.52. The number of nitrogens with one attached hydrogen (secondary N) is 1. The van der Waals surface area contributed by atoms with E-state index in [-0.39, 0.29) is 18.4 Å². The molecule has 150 valence electrons. The number of anilines is 1. The predicted octanol–water partition coefficient (Wildman–Crippen LogP) is 2.89. The third kappa shape index (κ3) is 2.87. The number of amides is 2. The second-order valence-electron chi connectivity index (χ2n) is 7.57. The number of rotatable bonds is 4. The predicted molar refractivity (Wildman–Crippen MR) is 106 cm³/mol. The monoisotopic (exact) mass is 433 g/mol. The molecule has 1 aromatic carbocycles. The van der Waals surface area contributed by atoms with Gasteiger partial charge in [0.1, 0.15) is 11.4 Å². The summed E-state index contributed by atoms with van der Waals surface area (Å²) in [6, 6.07) is 6.80. The van der Waals surface area contributed by atoms with Gasteiger partial charge in [-0.05, 0) is 24.6 Å². The molecule has 1 spiro atoms. The zero-order valence-electron chi connectivity index (χ0n) is 15.4. The molecule has 1 N–H and O–H groups in total. The lowest BCUT2D eigenvalue weighted by molar-refractivity contribution is -0.132. The molecule has 2 fully saturated rings. The van der Waals surface area contributed by atoms with E-state index >= 15 is 0 Å². The molecule has 0 saturated carbocycles. The number of benzene rings is 1. The Bertz CT molecular complexity index is 1050. The first kappa shape index (κ1) is 18.7. The number of halogens is 2. The molecule has 9 heteroatoms. The van der Waals surface area contributed by atoms with Crippen molar-refractivity contribution < 1.29 is 18.8 Å². The number of hydrogen-bond donors (Lipinski definition) is 1. The van der Waals surface area contributed by atoms with Gasteiger partial charge in [0.15, 0.2) is 5.82 Å². The molecule has 2 amide bonds. The lowest BCUT2D eigenvalue weighted by atomic mass is 9.77. The van der Waals surface area contributed by atoms with Crippen molar-refractivity contribution in [2.45, 2.75) is 25.2 Å². The zero-order valence-corrected chi connectivity index (χ0v) is 16.9. The number of carbonyl (C=O) groups is 2. The smallest absolute Gasteiger partial charge is 0.235 e. The molecular weight excluding hydrogens is 417 g/mol. The number of aryl methyl sites for hydroxylation is 1. The van der Waals surface area contributed by atoms with Crippen LogP contribution in [0.1, 0.15) is 11.3 Å². The zero-order chi connectivity index (χ0) is 20.3. The SMILES string of the molecule is Cc1cc(N2C[C@]34C=C[C@@H](O3)[C@H](C(=O)NCc3ccc(Cl)cc3Cl)[C@@H]4C2=O)no1. The van der Waals surface area contributed by atoms with E-state index in [4.69, 9.17) is 32.5 Å². The molecule has 2 bridgehead atoms. The Morgan fingerprint density at radius 2 is 2.21 bits per heavy atom. The number of hydrogen-bond acceptors (Lipinski definition) is 5. The highest BCUT2D eigenvalue weighted by atomic mass is 35.5. The van der Waals surface area contributed by atoms with Gasteiger partial charge in [-0.25, -0.2) is 0 Å². The number of ether oxygens (including phenoxy) is 1. The minimum Gasteiger partial charge on any atom is -0.360 e. The lowest BCUT2D eigenvalue weighted by Crippen LogP contribution is -2.44. The average Bonchev–Trinajstić information content (AvgIpc) is 3.42. The topological polar surface area (TPSA) is 84.7 Å². The van der Waals surface area contributed by atoms with E-state index in [0.29, 0.717) is 28.2 Å². The summed E-state index contributed by atoms with van der Waals surface area (Å²) in [4.78, 5) is 27.7. The van der Waals surface area contributed by atoms with Crippen LogP contribution in [0.15, 0.2) is 40.9 Å². The molecule has 2 saturated heterocycles. The molecule has 7 nitrogen and oxygen atoms in total. The minimum absolute atomic E-state index is 0.185. The van der Waals surface area contributed by atoms with Gasteiger partial charge in [0.2, 0.25) is 11.8 Å². The Hall–Kier alpha value is -2.35. The van der Waals surface area contributed by atoms with Gasteiger partial charge in [0, 0.05) is 22.7 Å². The van der Waals surface area contributed by atoms with Crippen molar-refractivity contribution in [2.24, 2.45) is 11.8 Å². The van der Waals surface area contributed by atoms with Crippen molar-refractivity contribution in [1.29, 1.82) is 0 Å². The van der Waals surface area contributed by atoms with Gasteiger partial charge in [0.05, 0.1) is 24.5 Å². The summed E-state index contributed by atoms with van der Waals surface area (Å²) in [6.45, 7) is 2.31. The van der Waals surface area contributed by atoms with Gasteiger partial charge in [-0.2, -0.15) is 0 Å². The van der Waals surface area contributed by atoms with Crippen LogP contribution in [0.25, 0.3) is 0 Å². The number of nitrogens with zero attached hydrogens (tertiary/aromatic N) is 2. The maximum absolute atomic E-state index is 13.2. The fraction of sp³-hybridized carbons (Fsp3) is 0.350. The van der Waals surface area contributed by atoms with E-state index in [0.717, 1.165) is 5.56 Å². The largest absolute Gasteiger partial charge is 0.360 e. The van der Waals surface area contributed by atoms with Gasteiger partial charge in [-0.3, -0.25) is 14.5 Å². The molecule has 29 heavy (non-hydrogen) atoms. The third-order valence-corrected chi connectivity index (χ3v) is 6.35. The van der Waals surface area contributed by atoms with E-state index in [9.17, 15) is 9.59 Å². The Balaban J connectivity index is 1.36. The Labute approximate surface area is 176 Å². The second-order valence-corrected chi connectivity index (χ2v) is 8.42. The summed E-state index contributed by atoms with van der Waals surface area (Å²) in [7, 11) is 0. The van der Waals surface area contributed by atoms with Crippen molar-refractivity contribution >= 4 is 40.8 Å². The maximum atomic E-state index is 13.2. The van der Waals surface area contributed by atoms with Crippen LogP contribution >= 0.6 is 23.2 Å². The van der Waals surface area contributed by atoms with E-state index in [1.165, 1.54) is 4.90 Å². The summed E-state index contributed by atoms with van der Waals surface area (Å²) in [5.41, 5.74) is -0.0645. The van der Waals surface area contributed by atoms with Crippen molar-refractivity contribution in [1.82, 2.24) is 10.5 Å². The van der Waals surface area contributed by atoms with Gasteiger partial charge in [-0.1, -0.05) is 46.6 Å². The molecule has 3 aliphatic heterocycles. The van der Waals surface area contributed by atoms with Crippen molar-refractivity contribution in [3.8, 4) is 0 Å².